The number of rotatable bonds is 3. The molecule has 112 valence electrons. The zero-order chi connectivity index (χ0) is 14.2. The fourth-order valence-electron chi connectivity index (χ4n) is 3.48. The smallest absolute Gasteiger partial charge is 0.121 e. The van der Waals surface area contributed by atoms with Crippen LogP contribution in [0, 0.1) is 12.8 Å². The predicted molar refractivity (Wildman–Crippen MR) is 81.2 cm³/mol. The van der Waals surface area contributed by atoms with Crippen LogP contribution in [0.1, 0.15) is 35.5 Å². The van der Waals surface area contributed by atoms with Crippen molar-refractivity contribution in [2.75, 3.05) is 13.1 Å². The van der Waals surface area contributed by atoms with Gasteiger partial charge in [-0.05, 0) is 44.4 Å². The zero-order valence-corrected chi connectivity index (χ0v) is 13.0. The second-order valence-electron chi connectivity index (χ2n) is 6.07. The lowest BCUT2D eigenvalue weighted by molar-refractivity contribution is -0.0108. The van der Waals surface area contributed by atoms with Gasteiger partial charge in [0.15, 0.2) is 0 Å². The SMILES string of the molecule is Cc1ccc(CN2CC[C@@H]3C[C@H](c4nccs4)O[C@H]3C2)o1. The third kappa shape index (κ3) is 2.78. The van der Waals surface area contributed by atoms with E-state index in [9.17, 15) is 0 Å². The lowest BCUT2D eigenvalue weighted by atomic mass is 9.92. The maximum absolute atomic E-state index is 6.26. The molecule has 0 amide bonds. The third-order valence-electron chi connectivity index (χ3n) is 4.54. The lowest BCUT2D eigenvalue weighted by Crippen LogP contribution is -2.41. The molecule has 0 aromatic carbocycles. The molecule has 2 saturated heterocycles. The molecular formula is C16H20N2O2S. The number of hydrogen-bond donors (Lipinski definition) is 0. The average molecular weight is 304 g/mol. The normalized spacial score (nSPS) is 29.7. The summed E-state index contributed by atoms with van der Waals surface area (Å²) >= 11 is 1.71. The van der Waals surface area contributed by atoms with Gasteiger partial charge in [-0.15, -0.1) is 11.3 Å². The van der Waals surface area contributed by atoms with E-state index in [1.54, 1.807) is 11.3 Å². The Kier molecular flexibility index (Phi) is 3.57. The van der Waals surface area contributed by atoms with Gasteiger partial charge in [0.25, 0.3) is 0 Å². The number of piperidine rings is 1. The lowest BCUT2D eigenvalue weighted by Gasteiger charge is -2.33. The summed E-state index contributed by atoms with van der Waals surface area (Å²) < 4.78 is 11.9. The summed E-state index contributed by atoms with van der Waals surface area (Å²) in [4.78, 5) is 6.86. The summed E-state index contributed by atoms with van der Waals surface area (Å²) in [5.41, 5.74) is 0. The molecule has 0 bridgehead atoms. The van der Waals surface area contributed by atoms with Gasteiger partial charge in [0.05, 0.1) is 12.6 Å². The van der Waals surface area contributed by atoms with E-state index in [-0.39, 0.29) is 6.10 Å². The van der Waals surface area contributed by atoms with E-state index < -0.39 is 0 Å². The van der Waals surface area contributed by atoms with E-state index in [1.165, 1.54) is 6.42 Å². The first-order chi connectivity index (χ1) is 10.3. The minimum atomic E-state index is 0.214. The van der Waals surface area contributed by atoms with Crippen molar-refractivity contribution in [1.82, 2.24) is 9.88 Å². The molecule has 2 fully saturated rings. The maximum Gasteiger partial charge on any atom is 0.121 e. The zero-order valence-electron chi connectivity index (χ0n) is 12.2. The van der Waals surface area contributed by atoms with Crippen LogP contribution in [0.25, 0.3) is 0 Å². The van der Waals surface area contributed by atoms with Crippen molar-refractivity contribution in [3.63, 3.8) is 0 Å². The van der Waals surface area contributed by atoms with Crippen LogP contribution < -0.4 is 0 Å². The second kappa shape index (κ2) is 5.55. The summed E-state index contributed by atoms with van der Waals surface area (Å²) in [7, 11) is 0. The van der Waals surface area contributed by atoms with Gasteiger partial charge in [0, 0.05) is 18.1 Å². The molecule has 2 aliphatic rings. The molecule has 2 aromatic heterocycles. The minimum absolute atomic E-state index is 0.214. The molecule has 3 atom stereocenters. The summed E-state index contributed by atoms with van der Waals surface area (Å²) in [5, 5.41) is 3.17. The van der Waals surface area contributed by atoms with E-state index in [4.69, 9.17) is 9.15 Å². The van der Waals surface area contributed by atoms with Crippen molar-refractivity contribution >= 4 is 11.3 Å². The van der Waals surface area contributed by atoms with Crippen LogP contribution in [0.4, 0.5) is 0 Å². The van der Waals surface area contributed by atoms with Crippen LogP contribution in [0.5, 0.6) is 0 Å². The van der Waals surface area contributed by atoms with Crippen LogP contribution >= 0.6 is 11.3 Å². The Labute approximate surface area is 128 Å². The molecule has 0 saturated carbocycles. The Hall–Kier alpha value is -1.17. The van der Waals surface area contributed by atoms with Gasteiger partial charge in [-0.2, -0.15) is 0 Å². The first-order valence-electron chi connectivity index (χ1n) is 7.60. The quantitative estimate of drug-likeness (QED) is 0.871. The number of hydrogen-bond acceptors (Lipinski definition) is 5. The number of aryl methyl sites for hydroxylation is 1. The van der Waals surface area contributed by atoms with Crippen LogP contribution in [-0.4, -0.2) is 29.1 Å². The number of furan rings is 1. The molecule has 0 radical (unpaired) electrons. The highest BCUT2D eigenvalue weighted by atomic mass is 32.1. The maximum atomic E-state index is 6.26. The third-order valence-corrected chi connectivity index (χ3v) is 5.41. The number of fused-ring (bicyclic) bond motifs is 1. The van der Waals surface area contributed by atoms with Crippen molar-refractivity contribution in [2.45, 2.75) is 38.5 Å². The van der Waals surface area contributed by atoms with Gasteiger partial charge in [-0.25, -0.2) is 4.98 Å². The fourth-order valence-corrected chi connectivity index (χ4v) is 4.17. The Morgan fingerprint density at radius 2 is 2.38 bits per heavy atom. The van der Waals surface area contributed by atoms with Crippen molar-refractivity contribution in [1.29, 1.82) is 0 Å². The van der Waals surface area contributed by atoms with E-state index in [1.807, 2.05) is 24.6 Å². The van der Waals surface area contributed by atoms with Gasteiger partial charge in [0.1, 0.15) is 22.6 Å². The largest absolute Gasteiger partial charge is 0.465 e. The van der Waals surface area contributed by atoms with Crippen molar-refractivity contribution in [3.05, 3.63) is 40.2 Å². The predicted octanol–water partition coefficient (Wildman–Crippen LogP) is 3.40. The Morgan fingerprint density at radius 3 is 3.14 bits per heavy atom. The van der Waals surface area contributed by atoms with Gasteiger partial charge < -0.3 is 9.15 Å². The minimum Gasteiger partial charge on any atom is -0.465 e. The molecule has 0 N–H and O–H groups in total. The molecule has 0 spiro atoms. The standard InChI is InChI=1S/C16H20N2O2S/c1-11-2-3-13(19-11)9-18-6-4-12-8-14(20-15(12)10-18)16-17-5-7-21-16/h2-3,5,7,12,14-15H,4,6,8-10H2,1H3/t12-,14-,15+/m1/s1. The number of thiazole rings is 1. The summed E-state index contributed by atoms with van der Waals surface area (Å²) in [6, 6.07) is 4.11. The van der Waals surface area contributed by atoms with Crippen LogP contribution in [0.15, 0.2) is 28.1 Å². The highest BCUT2D eigenvalue weighted by molar-refractivity contribution is 7.09. The summed E-state index contributed by atoms with van der Waals surface area (Å²) in [6.07, 6.45) is 4.78. The number of ether oxygens (including phenoxy) is 1. The molecule has 21 heavy (non-hydrogen) atoms. The number of likely N-dealkylation sites (tertiary alicyclic amines) is 1. The monoisotopic (exact) mass is 304 g/mol. The molecule has 0 aliphatic carbocycles. The topological polar surface area (TPSA) is 38.5 Å². The van der Waals surface area contributed by atoms with Crippen molar-refractivity contribution in [2.24, 2.45) is 5.92 Å². The molecule has 0 unspecified atom stereocenters. The number of nitrogens with zero attached hydrogens (tertiary/aromatic N) is 2. The fraction of sp³-hybridized carbons (Fsp3) is 0.562. The van der Waals surface area contributed by atoms with Crippen LogP contribution in [0.2, 0.25) is 0 Å². The van der Waals surface area contributed by atoms with E-state index in [2.05, 4.69) is 16.0 Å². The Balaban J connectivity index is 1.39. The van der Waals surface area contributed by atoms with Crippen molar-refractivity contribution in [3.8, 4) is 0 Å². The molecule has 4 rings (SSSR count). The van der Waals surface area contributed by atoms with E-state index in [0.29, 0.717) is 12.0 Å². The van der Waals surface area contributed by atoms with E-state index in [0.717, 1.165) is 42.6 Å². The molecule has 5 heteroatoms. The second-order valence-corrected chi connectivity index (χ2v) is 6.99. The van der Waals surface area contributed by atoms with Gasteiger partial charge >= 0.3 is 0 Å². The first kappa shape index (κ1) is 13.5. The Bertz CT molecular complexity index is 595. The molecular weight excluding hydrogens is 284 g/mol. The van der Waals surface area contributed by atoms with Gasteiger partial charge in [-0.3, -0.25) is 4.90 Å². The summed E-state index contributed by atoms with van der Waals surface area (Å²) in [5.74, 6) is 2.73. The Morgan fingerprint density at radius 1 is 1.43 bits per heavy atom. The molecule has 4 heterocycles. The van der Waals surface area contributed by atoms with Gasteiger partial charge in [-0.1, -0.05) is 0 Å². The number of aromatic nitrogens is 1. The van der Waals surface area contributed by atoms with Crippen LogP contribution in [0.3, 0.4) is 0 Å². The highest BCUT2D eigenvalue weighted by Gasteiger charge is 2.40. The molecule has 2 aromatic rings. The van der Waals surface area contributed by atoms with Crippen LogP contribution in [-0.2, 0) is 11.3 Å². The van der Waals surface area contributed by atoms with Crippen molar-refractivity contribution < 1.29 is 9.15 Å². The van der Waals surface area contributed by atoms with Gasteiger partial charge in [0.2, 0.25) is 0 Å². The average Bonchev–Trinajstić information content (AvgIpc) is 3.18. The molecule has 4 nitrogen and oxygen atoms in total. The summed E-state index contributed by atoms with van der Waals surface area (Å²) in [6.45, 7) is 5.03. The molecule has 2 aliphatic heterocycles. The van der Waals surface area contributed by atoms with E-state index >= 15 is 0 Å². The highest BCUT2D eigenvalue weighted by Crippen LogP contribution is 2.41. The first-order valence-corrected chi connectivity index (χ1v) is 8.48.